The van der Waals surface area contributed by atoms with E-state index in [0.717, 1.165) is 0 Å². The van der Waals surface area contributed by atoms with Gasteiger partial charge in [-0.15, -0.1) is 0 Å². The first-order chi connectivity index (χ1) is 6.41. The van der Waals surface area contributed by atoms with Crippen molar-refractivity contribution in [1.82, 2.24) is 0 Å². The lowest BCUT2D eigenvalue weighted by atomic mass is 10.0. The number of quaternary nitrogens is 1. The van der Waals surface area contributed by atoms with Crippen LogP contribution in [0.5, 0.6) is 0 Å². The van der Waals surface area contributed by atoms with Gasteiger partial charge in [0.15, 0.2) is 0 Å². The van der Waals surface area contributed by atoms with Crippen LogP contribution in [-0.2, 0) is 0 Å². The summed E-state index contributed by atoms with van der Waals surface area (Å²) in [7, 11) is -6.00. The van der Waals surface area contributed by atoms with Crippen LogP contribution in [0.15, 0.2) is 0 Å². The Hall–Kier alpha value is -0.255. The number of hydrogen-bond donors (Lipinski definition) is 0. The minimum Gasteiger partial charge on any atom is -0.418 e. The summed E-state index contributed by atoms with van der Waals surface area (Å²) >= 11 is 0. The summed E-state index contributed by atoms with van der Waals surface area (Å²) in [4.78, 5) is 0. The molecule has 0 unspecified atom stereocenters. The van der Waals surface area contributed by atoms with E-state index in [1.807, 2.05) is 0 Å². The van der Waals surface area contributed by atoms with Gasteiger partial charge in [0.1, 0.15) is 0 Å². The van der Waals surface area contributed by atoms with Gasteiger partial charge in [0.25, 0.3) is 0 Å². The summed E-state index contributed by atoms with van der Waals surface area (Å²) in [5, 5.41) is 0. The molecule has 0 N–H and O–H groups in total. The molecule has 0 amide bonds. The monoisotopic (exact) mass is 213 g/mol. The van der Waals surface area contributed by atoms with E-state index in [4.69, 9.17) is 0 Å². The van der Waals surface area contributed by atoms with Gasteiger partial charge < -0.3 is 21.7 Å². The van der Waals surface area contributed by atoms with Crippen molar-refractivity contribution in [2.45, 2.75) is 25.7 Å². The summed E-state index contributed by atoms with van der Waals surface area (Å²) in [5.41, 5.74) is 0. The molecule has 2 aliphatic heterocycles. The maximum atomic E-state index is 9.75. The van der Waals surface area contributed by atoms with E-state index in [1.165, 1.54) is 56.3 Å². The topological polar surface area (TPSA) is 0 Å². The van der Waals surface area contributed by atoms with Crippen LogP contribution >= 0.6 is 0 Å². The highest BCUT2D eigenvalue weighted by Crippen LogP contribution is 2.26. The molecule has 0 atom stereocenters. The van der Waals surface area contributed by atoms with Crippen LogP contribution in [0.1, 0.15) is 25.7 Å². The lowest BCUT2D eigenvalue weighted by molar-refractivity contribution is -0.967. The molecule has 0 aromatic rings. The zero-order chi connectivity index (χ0) is 10.7. The number of nitrogens with zero attached hydrogens (tertiary/aromatic N) is 1. The maximum absolute atomic E-state index is 9.75. The average molecular weight is 213 g/mol. The van der Waals surface area contributed by atoms with Crippen molar-refractivity contribution >= 4 is 7.25 Å². The van der Waals surface area contributed by atoms with Gasteiger partial charge in [-0.2, -0.15) is 0 Å². The molecule has 0 aliphatic carbocycles. The van der Waals surface area contributed by atoms with Crippen molar-refractivity contribution in [3.8, 4) is 0 Å². The Labute approximate surface area is 81.8 Å². The summed E-state index contributed by atoms with van der Waals surface area (Å²) in [6.45, 7) is 6.00. The highest BCUT2D eigenvalue weighted by atomic mass is 19.5. The fourth-order valence-electron chi connectivity index (χ4n) is 2.24. The van der Waals surface area contributed by atoms with Crippen molar-refractivity contribution < 1.29 is 21.7 Å². The molecule has 0 bridgehead atoms. The van der Waals surface area contributed by atoms with Crippen LogP contribution in [0.4, 0.5) is 17.3 Å². The van der Waals surface area contributed by atoms with E-state index in [0.29, 0.717) is 0 Å². The molecule has 84 valence electrons. The van der Waals surface area contributed by atoms with Crippen LogP contribution in [0.3, 0.4) is 0 Å². The van der Waals surface area contributed by atoms with Crippen LogP contribution in [0, 0.1) is 0 Å². The largest absolute Gasteiger partial charge is 0.673 e. The Kier molecular flexibility index (Phi) is 3.81. The molecule has 1 nitrogen and oxygen atoms in total. The number of halogens is 4. The van der Waals surface area contributed by atoms with Gasteiger partial charge in [0, 0.05) is 6.42 Å². The van der Waals surface area contributed by atoms with E-state index in [9.17, 15) is 17.3 Å². The molecule has 0 saturated carbocycles. The van der Waals surface area contributed by atoms with Gasteiger partial charge in [0.2, 0.25) is 0 Å². The molecule has 2 aliphatic rings. The number of rotatable bonds is 0. The standard InChI is InChI=1S/C8H16N.BF4/c1-2-5-9(6-3-1)7-4-8-9;2-1(3,4)5/h1-8H2;/q+1;-1. The molecule has 2 fully saturated rings. The molecular weight excluding hydrogens is 197 g/mol. The normalized spacial score (nSPS) is 24.9. The lowest BCUT2D eigenvalue weighted by Crippen LogP contribution is -2.60. The van der Waals surface area contributed by atoms with Crippen LogP contribution in [-0.4, -0.2) is 37.9 Å². The fourth-order valence-corrected chi connectivity index (χ4v) is 2.24. The van der Waals surface area contributed by atoms with Gasteiger partial charge in [-0.3, -0.25) is 0 Å². The van der Waals surface area contributed by atoms with Gasteiger partial charge >= 0.3 is 7.25 Å². The van der Waals surface area contributed by atoms with Crippen molar-refractivity contribution in [3.63, 3.8) is 0 Å². The average Bonchev–Trinajstić information content (AvgIpc) is 2.00. The van der Waals surface area contributed by atoms with Crippen LogP contribution < -0.4 is 0 Å². The van der Waals surface area contributed by atoms with Gasteiger partial charge in [0.05, 0.1) is 26.2 Å². The zero-order valence-electron chi connectivity index (χ0n) is 8.19. The molecule has 0 radical (unpaired) electrons. The fraction of sp³-hybridized carbons (Fsp3) is 1.00. The molecule has 0 aromatic carbocycles. The van der Waals surface area contributed by atoms with Crippen molar-refractivity contribution in [3.05, 3.63) is 0 Å². The summed E-state index contributed by atoms with van der Waals surface area (Å²) < 4.78 is 40.5. The molecule has 6 heteroatoms. The summed E-state index contributed by atoms with van der Waals surface area (Å²) in [6, 6.07) is 0. The molecule has 2 heterocycles. The van der Waals surface area contributed by atoms with Gasteiger partial charge in [-0.05, 0) is 19.3 Å². The molecule has 0 aromatic heterocycles. The molecule has 14 heavy (non-hydrogen) atoms. The Morgan fingerprint density at radius 1 is 0.643 bits per heavy atom. The molecule has 2 saturated heterocycles. The Morgan fingerprint density at radius 2 is 1.00 bits per heavy atom. The van der Waals surface area contributed by atoms with E-state index < -0.39 is 7.25 Å². The Bertz CT molecular complexity index is 165. The third-order valence-corrected chi connectivity index (χ3v) is 3.03. The van der Waals surface area contributed by atoms with Crippen molar-refractivity contribution in [2.24, 2.45) is 0 Å². The van der Waals surface area contributed by atoms with Crippen LogP contribution in [0.2, 0.25) is 0 Å². The van der Waals surface area contributed by atoms with Crippen molar-refractivity contribution in [2.75, 3.05) is 26.2 Å². The Balaban J connectivity index is 0.000000171. The van der Waals surface area contributed by atoms with E-state index >= 15 is 0 Å². The third kappa shape index (κ3) is 4.31. The third-order valence-electron chi connectivity index (χ3n) is 3.03. The quantitative estimate of drug-likeness (QED) is 0.329. The maximum Gasteiger partial charge on any atom is 0.673 e. The second-order valence-corrected chi connectivity index (χ2v) is 4.15. The second kappa shape index (κ2) is 4.51. The Morgan fingerprint density at radius 3 is 1.21 bits per heavy atom. The highest BCUT2D eigenvalue weighted by molar-refractivity contribution is 6.50. The predicted octanol–water partition coefficient (Wildman–Crippen LogP) is 2.69. The minimum absolute atomic E-state index is 1.50. The van der Waals surface area contributed by atoms with E-state index in [1.54, 1.807) is 0 Å². The second-order valence-electron chi connectivity index (χ2n) is 4.15. The summed E-state index contributed by atoms with van der Waals surface area (Å²) in [5.74, 6) is 0. The van der Waals surface area contributed by atoms with Crippen molar-refractivity contribution in [1.29, 1.82) is 0 Å². The molecular formula is C8H16BF4N. The first-order valence-electron chi connectivity index (χ1n) is 5.14. The van der Waals surface area contributed by atoms with Crippen LogP contribution in [0.25, 0.3) is 0 Å². The van der Waals surface area contributed by atoms with Gasteiger partial charge in [-0.1, -0.05) is 0 Å². The lowest BCUT2D eigenvalue weighted by Gasteiger charge is -2.48. The minimum atomic E-state index is -6.00. The van der Waals surface area contributed by atoms with E-state index in [2.05, 4.69) is 0 Å². The number of hydrogen-bond acceptors (Lipinski definition) is 0. The molecule has 1 spiro atoms. The summed E-state index contributed by atoms with van der Waals surface area (Å²) in [6.07, 6.45) is 6.00. The van der Waals surface area contributed by atoms with Gasteiger partial charge in [-0.25, -0.2) is 0 Å². The smallest absolute Gasteiger partial charge is 0.418 e. The zero-order valence-corrected chi connectivity index (χ0v) is 8.19. The first-order valence-corrected chi connectivity index (χ1v) is 5.14. The number of piperidine rings is 1. The first kappa shape index (κ1) is 11.8. The highest BCUT2D eigenvalue weighted by Gasteiger charge is 2.35. The SMILES string of the molecule is C1CC[N+]2(CC1)CCC2.F[B-](F)(F)F. The predicted molar refractivity (Wildman–Crippen MR) is 48.4 cm³/mol. The molecule has 2 rings (SSSR count). The van der Waals surface area contributed by atoms with E-state index in [-0.39, 0.29) is 0 Å².